The molecule has 3 unspecified atom stereocenters. The van der Waals surface area contributed by atoms with Crippen molar-refractivity contribution in [1.82, 2.24) is 0 Å². The van der Waals surface area contributed by atoms with E-state index in [0.717, 1.165) is 89.9 Å². The average Bonchev–Trinajstić information content (AvgIpc) is 3.39. The molecule has 0 fully saturated rings. The van der Waals surface area contributed by atoms with Gasteiger partial charge in [0.15, 0.2) is 6.10 Å². The summed E-state index contributed by atoms with van der Waals surface area (Å²) in [5, 5.41) is 9.83. The van der Waals surface area contributed by atoms with E-state index in [0.29, 0.717) is 19.3 Å². The largest absolute Gasteiger partial charge is 0.472 e. The molecule has 0 saturated carbocycles. The first-order valence-electron chi connectivity index (χ1n) is 30.9. The molecule has 0 saturated heterocycles. The number of esters is 3. The van der Waals surface area contributed by atoms with Crippen molar-refractivity contribution in [1.29, 1.82) is 0 Å². The number of hydrogen-bond donors (Lipinski definition) is 2. The van der Waals surface area contributed by atoms with Crippen LogP contribution >= 0.6 is 7.82 Å². The van der Waals surface area contributed by atoms with Gasteiger partial charge in [-0.15, -0.1) is 0 Å². The van der Waals surface area contributed by atoms with Crippen LogP contribution in [0.2, 0.25) is 0 Å². The molecule has 0 aromatic heterocycles. The maximum absolute atomic E-state index is 12.9. The van der Waals surface area contributed by atoms with E-state index in [1.807, 2.05) is 0 Å². The van der Waals surface area contributed by atoms with E-state index in [1.54, 1.807) is 0 Å². The zero-order valence-corrected chi connectivity index (χ0v) is 49.0. The summed E-state index contributed by atoms with van der Waals surface area (Å²) in [6.07, 6.45) is 59.5. The highest BCUT2D eigenvalue weighted by Gasteiger charge is 2.28. The molecule has 0 aliphatic heterocycles. The molecule has 0 heterocycles. The van der Waals surface area contributed by atoms with Crippen LogP contribution in [-0.2, 0) is 42.2 Å². The molecule has 0 rings (SSSR count). The first-order chi connectivity index (χ1) is 36.2. The van der Waals surface area contributed by atoms with Crippen LogP contribution in [0, 0.1) is 0 Å². The van der Waals surface area contributed by atoms with Crippen molar-refractivity contribution >= 4 is 25.7 Å². The minimum Gasteiger partial charge on any atom is -0.462 e. The summed E-state index contributed by atoms with van der Waals surface area (Å²) in [6, 6.07) is 0. The van der Waals surface area contributed by atoms with E-state index >= 15 is 0 Å². The maximum atomic E-state index is 12.9. The molecular formula is C62H115O11P. The maximum Gasteiger partial charge on any atom is 0.472 e. The fourth-order valence-corrected chi connectivity index (χ4v) is 9.69. The Bertz CT molecular complexity index is 1380. The van der Waals surface area contributed by atoms with Crippen LogP contribution in [0.1, 0.15) is 303 Å². The number of carbonyl (C=O) groups excluding carboxylic acids is 3. The van der Waals surface area contributed by atoms with Gasteiger partial charge in [-0.3, -0.25) is 23.4 Å². The fraction of sp³-hybridized carbons (Fsp3) is 0.855. The molecular weight excluding hydrogens is 952 g/mol. The molecule has 3 atom stereocenters. The van der Waals surface area contributed by atoms with Gasteiger partial charge in [0, 0.05) is 19.3 Å². The van der Waals surface area contributed by atoms with Gasteiger partial charge in [0.25, 0.3) is 0 Å². The van der Waals surface area contributed by atoms with Crippen LogP contribution in [0.4, 0.5) is 0 Å². The van der Waals surface area contributed by atoms with Gasteiger partial charge in [-0.25, -0.2) is 4.57 Å². The van der Waals surface area contributed by atoms with E-state index in [-0.39, 0.29) is 25.9 Å². The van der Waals surface area contributed by atoms with Crippen LogP contribution in [0.3, 0.4) is 0 Å². The Kier molecular flexibility index (Phi) is 55.1. The molecule has 0 aromatic carbocycles. The molecule has 434 valence electrons. The Hall–Kier alpha value is -2.30. The normalized spacial score (nSPS) is 13.5. The Balaban J connectivity index is 4.68. The highest BCUT2D eigenvalue weighted by atomic mass is 31.2. The third-order valence-electron chi connectivity index (χ3n) is 13.6. The van der Waals surface area contributed by atoms with E-state index in [9.17, 15) is 28.9 Å². The van der Waals surface area contributed by atoms with Crippen LogP contribution in [0.15, 0.2) is 36.5 Å². The molecule has 0 aliphatic rings. The first-order valence-corrected chi connectivity index (χ1v) is 32.4. The SMILES string of the molecule is CC/C=C\C/C=C\C/C=C\CCCCCCCC(=O)OC(CO)COP(=O)(O)OCC(COC(=O)CCCCCCCCCCCCCCCCC)OC(=O)CCCCCCCCCCCCCCCCCCC. The number of carbonyl (C=O) groups is 3. The number of aliphatic hydroxyl groups is 1. The third kappa shape index (κ3) is 54.5. The fourth-order valence-electron chi connectivity index (χ4n) is 8.90. The molecule has 0 aromatic rings. The summed E-state index contributed by atoms with van der Waals surface area (Å²) >= 11 is 0. The van der Waals surface area contributed by atoms with Crippen molar-refractivity contribution in [2.24, 2.45) is 0 Å². The lowest BCUT2D eigenvalue weighted by Gasteiger charge is -2.21. The smallest absolute Gasteiger partial charge is 0.462 e. The van der Waals surface area contributed by atoms with Crippen molar-refractivity contribution < 1.29 is 52.2 Å². The lowest BCUT2D eigenvalue weighted by molar-refractivity contribution is -0.161. The lowest BCUT2D eigenvalue weighted by atomic mass is 10.0. The number of phosphoric ester groups is 1. The van der Waals surface area contributed by atoms with Crippen LogP contribution in [0.25, 0.3) is 0 Å². The van der Waals surface area contributed by atoms with Crippen molar-refractivity contribution in [2.75, 3.05) is 26.4 Å². The second kappa shape index (κ2) is 56.9. The highest BCUT2D eigenvalue weighted by Crippen LogP contribution is 2.43. The van der Waals surface area contributed by atoms with Crippen LogP contribution in [-0.4, -0.2) is 66.5 Å². The van der Waals surface area contributed by atoms with Crippen molar-refractivity contribution in [3.63, 3.8) is 0 Å². The third-order valence-corrected chi connectivity index (χ3v) is 14.5. The van der Waals surface area contributed by atoms with Gasteiger partial charge >= 0.3 is 25.7 Å². The number of unbranched alkanes of at least 4 members (excludes halogenated alkanes) is 35. The first kappa shape index (κ1) is 71.7. The van der Waals surface area contributed by atoms with Crippen molar-refractivity contribution in [2.45, 2.75) is 315 Å². The molecule has 0 aliphatic carbocycles. The van der Waals surface area contributed by atoms with Crippen molar-refractivity contribution in [3.8, 4) is 0 Å². The number of hydrogen-bond acceptors (Lipinski definition) is 10. The van der Waals surface area contributed by atoms with Gasteiger partial charge < -0.3 is 24.2 Å². The van der Waals surface area contributed by atoms with Gasteiger partial charge in [0.05, 0.1) is 19.8 Å². The lowest BCUT2D eigenvalue weighted by Crippen LogP contribution is -2.30. The van der Waals surface area contributed by atoms with Gasteiger partial charge in [-0.2, -0.15) is 0 Å². The van der Waals surface area contributed by atoms with Crippen LogP contribution in [0.5, 0.6) is 0 Å². The van der Waals surface area contributed by atoms with E-state index in [4.69, 9.17) is 23.3 Å². The van der Waals surface area contributed by atoms with Gasteiger partial charge in [-0.1, -0.05) is 269 Å². The number of phosphoric acid groups is 1. The number of rotatable bonds is 58. The number of ether oxygens (including phenoxy) is 3. The van der Waals surface area contributed by atoms with Gasteiger partial charge in [0.2, 0.25) is 0 Å². The van der Waals surface area contributed by atoms with Crippen molar-refractivity contribution in [3.05, 3.63) is 36.5 Å². The Morgan fingerprint density at radius 3 is 1.08 bits per heavy atom. The second-order valence-electron chi connectivity index (χ2n) is 20.9. The zero-order valence-electron chi connectivity index (χ0n) is 48.1. The quantitative estimate of drug-likeness (QED) is 0.0197. The standard InChI is InChI=1S/C62H115O11P/c1-4-7-10-13-16-19-22-25-28-29-32-35-38-41-44-47-50-53-62(66)73-59(55-69-60(64)51-48-45-42-39-36-33-30-26-23-20-17-14-11-8-5-2)57-71-74(67,68)70-56-58(54-63)72-61(65)52-49-46-43-40-37-34-31-27-24-21-18-15-12-9-6-3/h9,12,18,21,27,31,58-59,63H,4-8,10-11,13-17,19-20,22-26,28-30,32-57H2,1-3H3,(H,67,68)/b12-9-,21-18-,31-27-. The summed E-state index contributed by atoms with van der Waals surface area (Å²) in [5.74, 6) is -1.45. The summed E-state index contributed by atoms with van der Waals surface area (Å²) in [5.41, 5.74) is 0. The molecule has 2 N–H and O–H groups in total. The predicted molar refractivity (Wildman–Crippen MR) is 307 cm³/mol. The van der Waals surface area contributed by atoms with Crippen LogP contribution < -0.4 is 0 Å². The predicted octanol–water partition coefficient (Wildman–Crippen LogP) is 18.4. The Labute approximate surface area is 454 Å². The molecule has 0 amide bonds. The number of allylic oxidation sites excluding steroid dienone is 6. The molecule has 74 heavy (non-hydrogen) atoms. The molecule has 0 spiro atoms. The summed E-state index contributed by atoms with van der Waals surface area (Å²) in [4.78, 5) is 48.6. The Morgan fingerprint density at radius 2 is 0.703 bits per heavy atom. The summed E-state index contributed by atoms with van der Waals surface area (Å²) in [6.45, 7) is 4.58. The van der Waals surface area contributed by atoms with E-state index < -0.39 is 57.8 Å². The van der Waals surface area contributed by atoms with Gasteiger partial charge in [-0.05, 0) is 51.4 Å². The monoisotopic (exact) mass is 1070 g/mol. The minimum absolute atomic E-state index is 0.161. The average molecular weight is 1070 g/mol. The minimum atomic E-state index is -4.75. The molecule has 0 radical (unpaired) electrons. The van der Waals surface area contributed by atoms with E-state index in [2.05, 4.69) is 57.2 Å². The van der Waals surface area contributed by atoms with Gasteiger partial charge in [0.1, 0.15) is 12.7 Å². The number of aliphatic hydroxyl groups excluding tert-OH is 1. The topological polar surface area (TPSA) is 155 Å². The Morgan fingerprint density at radius 1 is 0.392 bits per heavy atom. The van der Waals surface area contributed by atoms with E-state index in [1.165, 1.54) is 154 Å². The summed E-state index contributed by atoms with van der Waals surface area (Å²) in [7, 11) is -4.75. The molecule has 12 heteroatoms. The summed E-state index contributed by atoms with van der Waals surface area (Å²) < 4.78 is 39.6. The molecule has 11 nitrogen and oxygen atoms in total. The highest BCUT2D eigenvalue weighted by molar-refractivity contribution is 7.47. The second-order valence-corrected chi connectivity index (χ2v) is 22.3. The molecule has 0 bridgehead atoms. The zero-order chi connectivity index (χ0) is 54.1.